The van der Waals surface area contributed by atoms with Gasteiger partial charge in [-0.3, -0.25) is 4.79 Å². The highest BCUT2D eigenvalue weighted by Crippen LogP contribution is 2.40. The van der Waals surface area contributed by atoms with Crippen LogP contribution in [0.5, 0.6) is 0 Å². The highest BCUT2D eigenvalue weighted by molar-refractivity contribution is 6.24. The fourth-order valence-corrected chi connectivity index (χ4v) is 4.28. The summed E-state index contributed by atoms with van der Waals surface area (Å²) in [6.07, 6.45) is 4.43. The number of esters is 1. The predicted octanol–water partition coefficient (Wildman–Crippen LogP) is 3.84. The lowest BCUT2D eigenvalue weighted by Crippen LogP contribution is -2.08. The summed E-state index contributed by atoms with van der Waals surface area (Å²) >= 11 is 0. The molecule has 2 aromatic carbocycles. The smallest absolute Gasteiger partial charge is 0.340 e. The highest BCUT2D eigenvalue weighted by Gasteiger charge is 2.36. The van der Waals surface area contributed by atoms with E-state index in [1.54, 1.807) is 0 Å². The second kappa shape index (κ2) is 5.06. The van der Waals surface area contributed by atoms with E-state index in [9.17, 15) is 9.59 Å². The van der Waals surface area contributed by atoms with Gasteiger partial charge in [-0.2, -0.15) is 0 Å². The second-order valence-electron chi connectivity index (χ2n) is 6.74. The van der Waals surface area contributed by atoms with Crippen LogP contribution in [-0.4, -0.2) is 23.4 Å². The molecule has 0 saturated heterocycles. The van der Waals surface area contributed by atoms with Crippen LogP contribution in [0.15, 0.2) is 36.4 Å². The average molecular weight is 331 g/mol. The molecule has 0 amide bonds. The van der Waals surface area contributed by atoms with E-state index < -0.39 is 5.97 Å². The van der Waals surface area contributed by atoms with Crippen LogP contribution in [0, 0.1) is 0 Å². The summed E-state index contributed by atoms with van der Waals surface area (Å²) in [6, 6.07) is 11.8. The third kappa shape index (κ3) is 1.82. The van der Waals surface area contributed by atoms with Crippen molar-refractivity contribution in [3.05, 3.63) is 64.3 Å². The summed E-state index contributed by atoms with van der Waals surface area (Å²) in [7, 11) is 1.35. The molecule has 0 spiro atoms. The van der Waals surface area contributed by atoms with Gasteiger partial charge in [0, 0.05) is 10.9 Å². The number of aryl methyl sites for hydroxylation is 2. The van der Waals surface area contributed by atoms with E-state index in [1.165, 1.54) is 31.1 Å². The van der Waals surface area contributed by atoms with Gasteiger partial charge in [-0.05, 0) is 55.0 Å². The maximum Gasteiger partial charge on any atom is 0.340 e. The summed E-state index contributed by atoms with van der Waals surface area (Å²) in [5, 5.41) is 0.765. The number of aromatic nitrogens is 1. The van der Waals surface area contributed by atoms with Gasteiger partial charge in [-0.1, -0.05) is 18.2 Å². The van der Waals surface area contributed by atoms with Gasteiger partial charge >= 0.3 is 5.97 Å². The fraction of sp³-hybridized carbons (Fsp3) is 0.238. The lowest BCUT2D eigenvalue weighted by molar-refractivity contribution is 0.0600. The van der Waals surface area contributed by atoms with E-state index in [0.29, 0.717) is 16.8 Å². The maximum atomic E-state index is 13.2. The second-order valence-corrected chi connectivity index (χ2v) is 6.74. The molecule has 1 aromatic heterocycles. The topological polar surface area (TPSA) is 48.3 Å². The predicted molar refractivity (Wildman–Crippen MR) is 94.7 cm³/mol. The molecule has 0 unspecified atom stereocenters. The van der Waals surface area contributed by atoms with E-state index >= 15 is 0 Å². The average Bonchev–Trinajstić information content (AvgIpc) is 3.13. The minimum atomic E-state index is -0.462. The number of hydrogen-bond donors (Lipinski definition) is 0. The van der Waals surface area contributed by atoms with Crippen molar-refractivity contribution in [3.63, 3.8) is 0 Å². The number of fused-ring (bicyclic) bond motifs is 6. The zero-order chi connectivity index (χ0) is 17.1. The molecule has 124 valence electrons. The molecule has 1 aliphatic heterocycles. The molecule has 2 heterocycles. The van der Waals surface area contributed by atoms with Gasteiger partial charge in [-0.25, -0.2) is 4.79 Å². The summed E-state index contributed by atoms with van der Waals surface area (Å²) in [5.41, 5.74) is 5.87. The van der Waals surface area contributed by atoms with Crippen molar-refractivity contribution in [2.45, 2.75) is 25.7 Å². The molecule has 4 heteroatoms. The van der Waals surface area contributed by atoms with E-state index in [4.69, 9.17) is 4.74 Å². The van der Waals surface area contributed by atoms with Crippen LogP contribution in [0.1, 0.15) is 50.4 Å². The lowest BCUT2D eigenvalue weighted by atomic mass is 9.89. The largest absolute Gasteiger partial charge is 0.465 e. The van der Waals surface area contributed by atoms with E-state index in [-0.39, 0.29) is 5.78 Å². The van der Waals surface area contributed by atoms with Crippen LogP contribution in [0.3, 0.4) is 0 Å². The van der Waals surface area contributed by atoms with Gasteiger partial charge in [0.05, 0.1) is 23.9 Å². The lowest BCUT2D eigenvalue weighted by Gasteiger charge is -2.17. The zero-order valence-corrected chi connectivity index (χ0v) is 14.0. The third-order valence-corrected chi connectivity index (χ3v) is 5.42. The Morgan fingerprint density at radius 2 is 1.80 bits per heavy atom. The van der Waals surface area contributed by atoms with E-state index in [2.05, 4.69) is 6.07 Å². The standard InChI is InChI=1S/C21H17NO3/c1-25-21(24)18-14-8-4-5-9-16(14)22-17-11-13-7-3-2-6-12(13)10-15(17)20(23)19(18)22/h4-5,8-11H,2-3,6-7H2,1H3. The first-order valence-electron chi connectivity index (χ1n) is 8.63. The van der Waals surface area contributed by atoms with Gasteiger partial charge in [-0.15, -0.1) is 0 Å². The van der Waals surface area contributed by atoms with Gasteiger partial charge in [0.25, 0.3) is 0 Å². The Morgan fingerprint density at radius 3 is 2.56 bits per heavy atom. The van der Waals surface area contributed by atoms with Crippen LogP contribution < -0.4 is 0 Å². The third-order valence-electron chi connectivity index (χ3n) is 5.42. The van der Waals surface area contributed by atoms with Gasteiger partial charge < -0.3 is 9.30 Å². The Bertz CT molecular complexity index is 1070. The van der Waals surface area contributed by atoms with Gasteiger partial charge in [0.1, 0.15) is 5.69 Å². The number of para-hydroxylation sites is 1. The summed E-state index contributed by atoms with van der Waals surface area (Å²) < 4.78 is 6.91. The van der Waals surface area contributed by atoms with Crippen molar-refractivity contribution in [2.24, 2.45) is 0 Å². The van der Waals surface area contributed by atoms with Crippen molar-refractivity contribution in [1.82, 2.24) is 4.57 Å². The van der Waals surface area contributed by atoms with Crippen molar-refractivity contribution >= 4 is 22.7 Å². The number of methoxy groups -OCH3 is 1. The molecule has 4 nitrogen and oxygen atoms in total. The highest BCUT2D eigenvalue weighted by atomic mass is 16.5. The summed E-state index contributed by atoms with van der Waals surface area (Å²) in [6.45, 7) is 0. The zero-order valence-electron chi connectivity index (χ0n) is 14.0. The van der Waals surface area contributed by atoms with Crippen LogP contribution in [0.25, 0.3) is 16.6 Å². The van der Waals surface area contributed by atoms with Crippen LogP contribution in [-0.2, 0) is 17.6 Å². The number of ketones is 1. The molecule has 0 fully saturated rings. The summed E-state index contributed by atoms with van der Waals surface area (Å²) in [4.78, 5) is 25.6. The molecule has 0 atom stereocenters. The molecule has 2 aliphatic rings. The first kappa shape index (κ1) is 14.5. The molecule has 0 N–H and O–H groups in total. The number of benzene rings is 2. The fourth-order valence-electron chi connectivity index (χ4n) is 4.28. The number of carbonyl (C=O) groups is 2. The van der Waals surface area contributed by atoms with Crippen molar-refractivity contribution in [3.8, 4) is 5.69 Å². The van der Waals surface area contributed by atoms with E-state index in [1.807, 2.05) is 34.9 Å². The molecule has 0 saturated carbocycles. The molecule has 5 rings (SSSR count). The monoisotopic (exact) mass is 331 g/mol. The number of carbonyl (C=O) groups excluding carboxylic acids is 2. The molecule has 0 bridgehead atoms. The Labute approximate surface area is 145 Å². The Kier molecular flexibility index (Phi) is 2.93. The van der Waals surface area contributed by atoms with Crippen molar-refractivity contribution in [2.75, 3.05) is 7.11 Å². The van der Waals surface area contributed by atoms with Crippen LogP contribution in [0.4, 0.5) is 0 Å². The molecule has 0 radical (unpaired) electrons. The Balaban J connectivity index is 1.88. The molecule has 3 aromatic rings. The normalized spacial score (nSPS) is 15.0. The minimum absolute atomic E-state index is 0.0834. The van der Waals surface area contributed by atoms with E-state index in [0.717, 1.165) is 29.4 Å². The first-order chi connectivity index (χ1) is 12.2. The quantitative estimate of drug-likeness (QED) is 0.498. The minimum Gasteiger partial charge on any atom is -0.465 e. The maximum absolute atomic E-state index is 13.2. The van der Waals surface area contributed by atoms with Gasteiger partial charge in [0.15, 0.2) is 0 Å². The summed E-state index contributed by atoms with van der Waals surface area (Å²) in [5.74, 6) is -0.546. The SMILES string of the molecule is COC(=O)c1c2n(c3ccccc13)-c1cc3c(cc1C2=O)CCCC3. The van der Waals surface area contributed by atoms with Crippen LogP contribution in [0.2, 0.25) is 0 Å². The number of ether oxygens (including phenoxy) is 1. The van der Waals surface area contributed by atoms with Crippen molar-refractivity contribution < 1.29 is 14.3 Å². The molecule has 25 heavy (non-hydrogen) atoms. The first-order valence-corrected chi connectivity index (χ1v) is 8.63. The van der Waals surface area contributed by atoms with Gasteiger partial charge in [0.2, 0.25) is 5.78 Å². The van der Waals surface area contributed by atoms with Crippen molar-refractivity contribution in [1.29, 1.82) is 0 Å². The number of hydrogen-bond acceptors (Lipinski definition) is 3. The molecular weight excluding hydrogens is 314 g/mol. The molecular formula is C21H17NO3. The molecule has 1 aliphatic carbocycles. The number of nitrogens with zero attached hydrogens (tertiary/aromatic N) is 1. The Morgan fingerprint density at radius 1 is 1.08 bits per heavy atom. The van der Waals surface area contributed by atoms with Crippen LogP contribution >= 0.6 is 0 Å². The Hall–Kier alpha value is -2.88. The number of rotatable bonds is 1.